The molecule has 0 fully saturated rings. The Kier molecular flexibility index (Phi) is 6.96. The summed E-state index contributed by atoms with van der Waals surface area (Å²) in [6.45, 7) is 3.86. The summed E-state index contributed by atoms with van der Waals surface area (Å²) in [5.74, 6) is 1.10. The van der Waals surface area contributed by atoms with E-state index in [0.29, 0.717) is 0 Å². The van der Waals surface area contributed by atoms with Crippen LogP contribution in [0.25, 0.3) is 0 Å². The van der Waals surface area contributed by atoms with Crippen molar-refractivity contribution in [3.63, 3.8) is 0 Å². The molecule has 2 nitrogen and oxygen atoms in total. The SMILES string of the molecule is C/C=C/C(=O)NC(C)CCSC. The van der Waals surface area contributed by atoms with E-state index in [1.165, 1.54) is 0 Å². The van der Waals surface area contributed by atoms with E-state index in [4.69, 9.17) is 0 Å². The molecule has 0 aromatic heterocycles. The molecule has 70 valence electrons. The summed E-state index contributed by atoms with van der Waals surface area (Å²) >= 11 is 1.80. The molecule has 0 rings (SSSR count). The van der Waals surface area contributed by atoms with Crippen LogP contribution in [0.3, 0.4) is 0 Å². The van der Waals surface area contributed by atoms with Gasteiger partial charge in [0, 0.05) is 6.04 Å². The van der Waals surface area contributed by atoms with Crippen molar-refractivity contribution in [2.24, 2.45) is 0 Å². The van der Waals surface area contributed by atoms with Gasteiger partial charge in [-0.25, -0.2) is 0 Å². The first kappa shape index (κ1) is 11.6. The molecule has 1 unspecified atom stereocenters. The van der Waals surface area contributed by atoms with Crippen LogP contribution in [0, 0.1) is 0 Å². The molecule has 1 amide bonds. The molecule has 0 aromatic rings. The van der Waals surface area contributed by atoms with Gasteiger partial charge in [0.2, 0.25) is 5.91 Å². The predicted molar refractivity (Wildman–Crippen MR) is 55.4 cm³/mol. The first-order chi connectivity index (χ1) is 5.70. The van der Waals surface area contributed by atoms with Gasteiger partial charge in [0.25, 0.3) is 0 Å². The lowest BCUT2D eigenvalue weighted by molar-refractivity contribution is -0.117. The van der Waals surface area contributed by atoms with Crippen molar-refractivity contribution in [3.05, 3.63) is 12.2 Å². The minimum atomic E-state index is 0.00565. The monoisotopic (exact) mass is 187 g/mol. The fraction of sp³-hybridized carbons (Fsp3) is 0.667. The zero-order chi connectivity index (χ0) is 9.40. The predicted octanol–water partition coefficient (Wildman–Crippen LogP) is 1.82. The van der Waals surface area contributed by atoms with E-state index >= 15 is 0 Å². The molecule has 12 heavy (non-hydrogen) atoms. The van der Waals surface area contributed by atoms with Gasteiger partial charge >= 0.3 is 0 Å². The molecule has 0 radical (unpaired) electrons. The van der Waals surface area contributed by atoms with Gasteiger partial charge in [-0.1, -0.05) is 6.08 Å². The molecular formula is C9H17NOS. The van der Waals surface area contributed by atoms with Crippen LogP contribution in [0.15, 0.2) is 12.2 Å². The fourth-order valence-corrected chi connectivity index (χ4v) is 1.40. The van der Waals surface area contributed by atoms with Crippen molar-refractivity contribution >= 4 is 17.7 Å². The minimum Gasteiger partial charge on any atom is -0.350 e. The van der Waals surface area contributed by atoms with Crippen LogP contribution < -0.4 is 5.32 Å². The third kappa shape index (κ3) is 6.28. The quantitative estimate of drug-likeness (QED) is 0.665. The molecule has 0 saturated heterocycles. The Hall–Kier alpha value is -0.440. The minimum absolute atomic E-state index is 0.00565. The van der Waals surface area contributed by atoms with E-state index in [2.05, 4.69) is 11.6 Å². The Bertz CT molecular complexity index is 157. The maximum Gasteiger partial charge on any atom is 0.243 e. The van der Waals surface area contributed by atoms with Crippen LogP contribution in [0.1, 0.15) is 20.3 Å². The summed E-state index contributed by atoms with van der Waals surface area (Å²) < 4.78 is 0. The number of nitrogens with one attached hydrogen (secondary N) is 1. The summed E-state index contributed by atoms with van der Waals surface area (Å²) in [6.07, 6.45) is 6.40. The molecule has 0 heterocycles. The number of hydrogen-bond acceptors (Lipinski definition) is 2. The van der Waals surface area contributed by atoms with Crippen LogP contribution in [0.2, 0.25) is 0 Å². The second-order valence-electron chi connectivity index (χ2n) is 2.69. The summed E-state index contributed by atoms with van der Waals surface area (Å²) in [6, 6.07) is 0.279. The number of allylic oxidation sites excluding steroid dienone is 1. The van der Waals surface area contributed by atoms with Gasteiger partial charge < -0.3 is 5.32 Å². The number of amides is 1. The van der Waals surface area contributed by atoms with Crippen molar-refractivity contribution < 1.29 is 4.79 Å². The Balaban J connectivity index is 3.53. The molecule has 1 atom stereocenters. The summed E-state index contributed by atoms with van der Waals surface area (Å²) in [5, 5.41) is 2.88. The molecule has 0 aliphatic carbocycles. The molecule has 0 aliphatic heterocycles. The zero-order valence-electron chi connectivity index (χ0n) is 7.96. The smallest absolute Gasteiger partial charge is 0.243 e. The van der Waals surface area contributed by atoms with Crippen LogP contribution in [-0.4, -0.2) is 24.0 Å². The summed E-state index contributed by atoms with van der Waals surface area (Å²) in [5.41, 5.74) is 0. The third-order valence-electron chi connectivity index (χ3n) is 1.46. The number of thioether (sulfide) groups is 1. The van der Waals surface area contributed by atoms with Gasteiger partial charge in [0.1, 0.15) is 0 Å². The highest BCUT2D eigenvalue weighted by Gasteiger charge is 2.02. The lowest BCUT2D eigenvalue weighted by Gasteiger charge is -2.10. The maximum absolute atomic E-state index is 11.0. The largest absolute Gasteiger partial charge is 0.350 e. The highest BCUT2D eigenvalue weighted by Crippen LogP contribution is 1.99. The van der Waals surface area contributed by atoms with E-state index < -0.39 is 0 Å². The van der Waals surface area contributed by atoms with Gasteiger partial charge in [0.05, 0.1) is 0 Å². The van der Waals surface area contributed by atoms with Crippen LogP contribution in [0.4, 0.5) is 0 Å². The van der Waals surface area contributed by atoms with Crippen molar-refractivity contribution in [2.75, 3.05) is 12.0 Å². The molecule has 0 bridgehead atoms. The third-order valence-corrected chi connectivity index (χ3v) is 2.11. The van der Waals surface area contributed by atoms with Crippen molar-refractivity contribution in [1.82, 2.24) is 5.32 Å². The number of hydrogen-bond donors (Lipinski definition) is 1. The van der Waals surface area contributed by atoms with Gasteiger partial charge in [0.15, 0.2) is 0 Å². The molecule has 1 N–H and O–H groups in total. The summed E-state index contributed by atoms with van der Waals surface area (Å²) in [7, 11) is 0. The second-order valence-corrected chi connectivity index (χ2v) is 3.68. The van der Waals surface area contributed by atoms with Crippen molar-refractivity contribution in [3.8, 4) is 0 Å². The van der Waals surface area contributed by atoms with Gasteiger partial charge in [-0.2, -0.15) is 11.8 Å². The number of carbonyl (C=O) groups excluding carboxylic acids is 1. The molecular weight excluding hydrogens is 170 g/mol. The molecule has 3 heteroatoms. The highest BCUT2D eigenvalue weighted by molar-refractivity contribution is 7.98. The van der Waals surface area contributed by atoms with E-state index in [9.17, 15) is 4.79 Å². The second kappa shape index (κ2) is 7.22. The van der Waals surface area contributed by atoms with Crippen molar-refractivity contribution in [2.45, 2.75) is 26.3 Å². The normalized spacial score (nSPS) is 13.2. The average molecular weight is 187 g/mol. The lowest BCUT2D eigenvalue weighted by atomic mass is 10.2. The van der Waals surface area contributed by atoms with Gasteiger partial charge in [-0.15, -0.1) is 0 Å². The van der Waals surface area contributed by atoms with Crippen LogP contribution in [-0.2, 0) is 4.79 Å². The van der Waals surface area contributed by atoms with E-state index in [1.54, 1.807) is 23.9 Å². The first-order valence-corrected chi connectivity index (χ1v) is 5.52. The topological polar surface area (TPSA) is 29.1 Å². The zero-order valence-corrected chi connectivity index (χ0v) is 8.78. The van der Waals surface area contributed by atoms with E-state index in [-0.39, 0.29) is 11.9 Å². The Labute approximate surface area is 78.8 Å². The molecule has 0 aromatic carbocycles. The van der Waals surface area contributed by atoms with Gasteiger partial charge in [-0.05, 0) is 38.4 Å². The van der Waals surface area contributed by atoms with Crippen LogP contribution in [0.5, 0.6) is 0 Å². The van der Waals surface area contributed by atoms with E-state index in [0.717, 1.165) is 12.2 Å². The molecule has 0 aliphatic rings. The first-order valence-electron chi connectivity index (χ1n) is 4.12. The van der Waals surface area contributed by atoms with Crippen molar-refractivity contribution in [1.29, 1.82) is 0 Å². The summed E-state index contributed by atoms with van der Waals surface area (Å²) in [4.78, 5) is 11.0. The Morgan fingerprint density at radius 2 is 2.33 bits per heavy atom. The maximum atomic E-state index is 11.0. The highest BCUT2D eigenvalue weighted by atomic mass is 32.2. The number of carbonyl (C=O) groups is 1. The average Bonchev–Trinajstić information content (AvgIpc) is 2.01. The number of rotatable bonds is 5. The Morgan fingerprint density at radius 3 is 2.83 bits per heavy atom. The molecule has 0 saturated carbocycles. The van der Waals surface area contributed by atoms with E-state index in [1.807, 2.05) is 13.8 Å². The lowest BCUT2D eigenvalue weighted by Crippen LogP contribution is -2.31. The standard InChI is InChI=1S/C9H17NOS/c1-4-5-9(11)10-8(2)6-7-12-3/h4-5,8H,6-7H2,1-3H3,(H,10,11)/b5-4+. The fourth-order valence-electron chi connectivity index (χ4n) is 0.809. The Morgan fingerprint density at radius 1 is 1.67 bits per heavy atom. The van der Waals surface area contributed by atoms with Gasteiger partial charge in [-0.3, -0.25) is 4.79 Å². The van der Waals surface area contributed by atoms with Crippen LogP contribution >= 0.6 is 11.8 Å². The molecule has 0 spiro atoms.